The van der Waals surface area contributed by atoms with Gasteiger partial charge in [0.2, 0.25) is 0 Å². The molecule has 0 bridgehead atoms. The Kier molecular flexibility index (Phi) is 10.4. The molecule has 1 aliphatic heterocycles. The van der Waals surface area contributed by atoms with E-state index >= 15 is 0 Å². The van der Waals surface area contributed by atoms with Crippen molar-refractivity contribution < 1.29 is 49.3 Å². The van der Waals surface area contributed by atoms with Crippen LogP contribution in [0.4, 0.5) is 0 Å². The van der Waals surface area contributed by atoms with Crippen LogP contribution in [0.3, 0.4) is 0 Å². The van der Waals surface area contributed by atoms with Crippen molar-refractivity contribution in [3.05, 3.63) is 0 Å². The summed E-state index contributed by atoms with van der Waals surface area (Å²) in [6, 6.07) is 0. The Morgan fingerprint density at radius 3 is 3.00 bits per heavy atom. The third kappa shape index (κ3) is 5.48. The Labute approximate surface area is 91.3 Å². The number of nitrogens with one attached hydrogen (secondary N) is 1. The molecule has 0 saturated heterocycles. The first-order valence-corrected chi connectivity index (χ1v) is 2.62. The summed E-state index contributed by atoms with van der Waals surface area (Å²) in [4.78, 5) is 14.3. The van der Waals surface area contributed by atoms with Crippen LogP contribution in [0.1, 0.15) is 6.42 Å². The van der Waals surface area contributed by atoms with Crippen LogP contribution in [0.2, 0.25) is 0 Å². The van der Waals surface area contributed by atoms with E-state index in [4.69, 9.17) is 4.84 Å². The second-order valence-electron chi connectivity index (χ2n) is 1.66. The molecule has 0 spiro atoms. The van der Waals surface area contributed by atoms with Gasteiger partial charge in [-0.1, -0.05) is 0 Å². The fraction of sp³-hybridized carbons (Fsp3) is 0.600. The fourth-order valence-corrected chi connectivity index (χ4v) is 0.553. The van der Waals surface area contributed by atoms with E-state index in [1.807, 2.05) is 0 Å². The van der Waals surface area contributed by atoms with Crippen LogP contribution in [-0.4, -0.2) is 25.3 Å². The monoisotopic (exact) mass is 361 g/mol. The maximum Gasteiger partial charge on any atom is 0.113 e. The molecule has 0 aromatic heterocycles. The predicted octanol–water partition coefficient (Wildman–Crippen LogP) is -0.710. The molecule has 0 fully saturated rings. The number of hydrogen-bond acceptors (Lipinski definition) is 3. The third-order valence-electron chi connectivity index (χ3n) is 0.987. The van der Waals surface area contributed by atoms with E-state index in [2.05, 4.69) is 16.7 Å². The van der Waals surface area contributed by atoms with Crippen molar-refractivity contribution in [2.45, 2.75) is 12.5 Å². The van der Waals surface area contributed by atoms with Crippen LogP contribution in [0.15, 0.2) is 5.16 Å². The van der Waals surface area contributed by atoms with Crippen molar-refractivity contribution in [3.8, 4) is 0 Å². The second kappa shape index (κ2) is 8.31. The molecular weight excluding hydrogens is 355 g/mol. The number of nitrogens with zero attached hydrogens (tertiary/aromatic N) is 1. The van der Waals surface area contributed by atoms with E-state index < -0.39 is 0 Å². The second-order valence-corrected chi connectivity index (χ2v) is 1.66. The van der Waals surface area contributed by atoms with E-state index in [-0.39, 0.29) is 45.7 Å². The molecule has 11 heavy (non-hydrogen) atoms. The molecule has 0 saturated carbocycles. The molecule has 1 N–H and O–H groups in total. The molecule has 1 unspecified atom stereocenters. The Morgan fingerprint density at radius 1 is 1.82 bits per heavy atom. The summed E-state index contributed by atoms with van der Waals surface area (Å²) < 4.78 is 0. The Morgan fingerprint density at radius 2 is 2.55 bits per heavy atom. The van der Waals surface area contributed by atoms with Gasteiger partial charge in [-0.15, -0.1) is 6.42 Å². The van der Waals surface area contributed by atoms with Crippen LogP contribution in [0.25, 0.3) is 0 Å². The van der Waals surface area contributed by atoms with E-state index in [1.165, 1.54) is 0 Å². The quantitative estimate of drug-likeness (QED) is 0.534. The summed E-state index contributed by atoms with van der Waals surface area (Å²) in [5.74, 6) is 0. The molecule has 4 nitrogen and oxygen atoms in total. The SMILES string of the molecule is O=[C-]NCC1C[C-]=NO1.[V].[W]. The van der Waals surface area contributed by atoms with Crippen molar-refractivity contribution in [3.63, 3.8) is 0 Å². The van der Waals surface area contributed by atoms with Crippen molar-refractivity contribution in [2.24, 2.45) is 5.16 Å². The molecule has 0 aromatic carbocycles. The summed E-state index contributed by atoms with van der Waals surface area (Å²) in [7, 11) is 0. The smallest absolute Gasteiger partial charge is 0.113 e. The molecule has 1 rings (SSSR count). The normalized spacial score (nSPS) is 19.1. The van der Waals surface area contributed by atoms with Crippen molar-refractivity contribution >= 4 is 12.6 Å². The maximum absolute atomic E-state index is 9.62. The van der Waals surface area contributed by atoms with E-state index in [0.29, 0.717) is 13.0 Å². The molecule has 61 valence electrons. The van der Waals surface area contributed by atoms with Gasteiger partial charge in [0.05, 0.1) is 0 Å². The first kappa shape index (κ1) is 13.8. The molecule has 1 amide bonds. The Balaban J connectivity index is 0. The first-order chi connectivity index (χ1) is 4.43. The predicted molar refractivity (Wildman–Crippen MR) is 30.6 cm³/mol. The number of hydrogen-bond donors (Lipinski definition) is 1. The van der Waals surface area contributed by atoms with Gasteiger partial charge < -0.3 is 26.3 Å². The summed E-state index contributed by atoms with van der Waals surface area (Å²) in [5.41, 5.74) is 0. The van der Waals surface area contributed by atoms with Crippen molar-refractivity contribution in [1.29, 1.82) is 0 Å². The van der Waals surface area contributed by atoms with Gasteiger partial charge in [0.25, 0.3) is 0 Å². The number of carbonyl (C=O) groups excluding carboxylic acids is 1. The zero-order valence-corrected chi connectivity index (χ0v) is 9.94. The van der Waals surface area contributed by atoms with Crippen LogP contribution >= 0.6 is 0 Å². The fourth-order valence-electron chi connectivity index (χ4n) is 0.553. The van der Waals surface area contributed by atoms with Gasteiger partial charge in [-0.25, -0.2) is 0 Å². The maximum atomic E-state index is 9.62. The van der Waals surface area contributed by atoms with Gasteiger partial charge >= 0.3 is 0 Å². The minimum atomic E-state index is -0.0357. The van der Waals surface area contributed by atoms with Gasteiger partial charge in [0.1, 0.15) is 6.10 Å². The summed E-state index contributed by atoms with van der Waals surface area (Å²) in [5, 5.41) is 5.76. The molecule has 1 heterocycles. The molecule has 1 atom stereocenters. The zero-order chi connectivity index (χ0) is 6.53. The van der Waals surface area contributed by atoms with Crippen LogP contribution in [0.5, 0.6) is 0 Å². The van der Waals surface area contributed by atoms with E-state index in [0.717, 1.165) is 0 Å². The van der Waals surface area contributed by atoms with Gasteiger partial charge in [-0.2, -0.15) is 6.41 Å². The average molecular weight is 361 g/mol. The van der Waals surface area contributed by atoms with E-state index in [9.17, 15) is 4.79 Å². The molecule has 6 heteroatoms. The van der Waals surface area contributed by atoms with Crippen molar-refractivity contribution in [1.82, 2.24) is 5.32 Å². The number of amides is 1. The van der Waals surface area contributed by atoms with Crippen molar-refractivity contribution in [2.75, 3.05) is 6.54 Å². The minimum Gasteiger partial charge on any atom is -0.527 e. The standard InChI is InChI=1S/C5H6N2O2.V.W/c8-4-6-3-5-1-2-7-9-5;;/h5H,1,3H2,(H,6,8);;/q-2;;. The number of rotatable bonds is 3. The van der Waals surface area contributed by atoms with Gasteiger partial charge in [-0.05, 0) is 0 Å². The van der Waals surface area contributed by atoms with Crippen LogP contribution in [0, 0.1) is 0 Å². The summed E-state index contributed by atoms with van der Waals surface area (Å²) in [6.07, 6.45) is 4.77. The molecule has 1 aliphatic rings. The third-order valence-corrected chi connectivity index (χ3v) is 0.987. The van der Waals surface area contributed by atoms with Gasteiger partial charge in [0.15, 0.2) is 0 Å². The molecular formula is C5H6N2O2VW-2. The first-order valence-electron chi connectivity index (χ1n) is 2.62. The molecule has 0 aromatic rings. The molecule has 0 aliphatic carbocycles. The van der Waals surface area contributed by atoms with Gasteiger partial charge in [0, 0.05) is 46.2 Å². The average Bonchev–Trinajstić information content (AvgIpc) is 2.34. The zero-order valence-electron chi connectivity index (χ0n) is 5.61. The Hall–Kier alpha value is 0.213. The minimum absolute atomic E-state index is 0. The summed E-state index contributed by atoms with van der Waals surface area (Å²) in [6.45, 7) is 0.458. The topological polar surface area (TPSA) is 50.7 Å². The van der Waals surface area contributed by atoms with E-state index in [1.54, 1.807) is 6.41 Å². The van der Waals surface area contributed by atoms with Crippen LogP contribution in [-0.2, 0) is 49.3 Å². The largest absolute Gasteiger partial charge is 0.527 e. The van der Waals surface area contributed by atoms with Gasteiger partial charge in [-0.3, -0.25) is 0 Å². The Bertz CT molecular complexity index is 126. The summed E-state index contributed by atoms with van der Waals surface area (Å²) >= 11 is 0. The van der Waals surface area contributed by atoms with Crippen LogP contribution < -0.4 is 5.32 Å². The molecule has 1 radical (unpaired) electrons.